The van der Waals surface area contributed by atoms with Gasteiger partial charge < -0.3 is 10.1 Å². The number of methoxy groups -OCH3 is 1. The van der Waals surface area contributed by atoms with Crippen molar-refractivity contribution in [3.8, 4) is 5.75 Å². The first-order valence-electron chi connectivity index (χ1n) is 8.90. The van der Waals surface area contributed by atoms with E-state index in [0.29, 0.717) is 11.3 Å². The van der Waals surface area contributed by atoms with Crippen LogP contribution in [0.2, 0.25) is 0 Å². The van der Waals surface area contributed by atoms with Gasteiger partial charge in [-0.05, 0) is 42.0 Å². The zero-order valence-electron chi connectivity index (χ0n) is 16.2. The van der Waals surface area contributed by atoms with Gasteiger partial charge in [-0.15, -0.1) is 0 Å². The molecule has 1 aromatic heterocycles. The van der Waals surface area contributed by atoms with Crippen molar-refractivity contribution in [2.24, 2.45) is 0 Å². The van der Waals surface area contributed by atoms with Crippen LogP contribution < -0.4 is 10.1 Å². The van der Waals surface area contributed by atoms with Crippen molar-refractivity contribution in [3.05, 3.63) is 98.2 Å². The fourth-order valence-corrected chi connectivity index (χ4v) is 2.72. The molecule has 0 bridgehead atoms. The van der Waals surface area contributed by atoms with Crippen molar-refractivity contribution >= 4 is 34.7 Å². The molecule has 0 aliphatic heterocycles. The number of hydrogen-bond donors (Lipinski definition) is 1. The highest BCUT2D eigenvalue weighted by Gasteiger charge is 2.15. The first-order valence-corrected chi connectivity index (χ1v) is 8.90. The maximum atomic E-state index is 12.7. The van der Waals surface area contributed by atoms with Crippen LogP contribution in [0.4, 0.5) is 22.9 Å². The Balaban J connectivity index is 1.82. The normalized spacial score (nSPS) is 10.6. The van der Waals surface area contributed by atoms with Crippen LogP contribution in [-0.4, -0.2) is 27.7 Å². The first kappa shape index (κ1) is 21.1. The number of ether oxygens (including phenoxy) is 1. The van der Waals surface area contributed by atoms with Gasteiger partial charge in [-0.1, -0.05) is 12.1 Å². The lowest BCUT2D eigenvalue weighted by Crippen LogP contribution is -2.03. The topological polar surface area (TPSA) is 138 Å². The molecule has 1 N–H and O–H groups in total. The Labute approximate surface area is 176 Å². The third-order valence-corrected chi connectivity index (χ3v) is 4.24. The summed E-state index contributed by atoms with van der Waals surface area (Å²) in [7, 11) is 1.34. The number of hydrogen-bond acceptors (Lipinski definition) is 8. The largest absolute Gasteiger partial charge is 0.490 e. The first-order chi connectivity index (χ1) is 14.9. The third-order valence-electron chi connectivity index (χ3n) is 4.24. The molecule has 3 rings (SSSR count). The standard InChI is InChI=1S/C21H16N4O6/c1-31-20-11-5-14(13-18(20)25(29)30)4-10-19(26)17-3-2-12-22-21(17)23-15-6-8-16(9-7-15)24(27)28/h2-13H,1H3,(H,22,23)/b10-4+. The number of pyridine rings is 1. The minimum atomic E-state index is -0.564. The molecule has 1 heterocycles. The van der Waals surface area contributed by atoms with Gasteiger partial charge in [0.25, 0.3) is 5.69 Å². The summed E-state index contributed by atoms with van der Waals surface area (Å²) in [6, 6.07) is 13.2. The van der Waals surface area contributed by atoms with Crippen LogP contribution in [0.3, 0.4) is 0 Å². The van der Waals surface area contributed by atoms with E-state index in [0.717, 1.165) is 0 Å². The molecule has 0 saturated carbocycles. The highest BCUT2D eigenvalue weighted by Crippen LogP contribution is 2.28. The van der Waals surface area contributed by atoms with E-state index in [4.69, 9.17) is 4.74 Å². The molecule has 0 atom stereocenters. The van der Waals surface area contributed by atoms with Crippen LogP contribution in [0.1, 0.15) is 15.9 Å². The van der Waals surface area contributed by atoms with Crippen molar-refractivity contribution in [1.82, 2.24) is 4.98 Å². The van der Waals surface area contributed by atoms with Crippen molar-refractivity contribution in [1.29, 1.82) is 0 Å². The van der Waals surface area contributed by atoms with E-state index in [2.05, 4.69) is 10.3 Å². The second-order valence-corrected chi connectivity index (χ2v) is 6.21. The van der Waals surface area contributed by atoms with Crippen molar-refractivity contribution in [2.75, 3.05) is 12.4 Å². The van der Waals surface area contributed by atoms with E-state index in [1.807, 2.05) is 0 Å². The zero-order chi connectivity index (χ0) is 22.4. The summed E-state index contributed by atoms with van der Waals surface area (Å²) in [5.41, 5.74) is 0.973. The molecule has 2 aromatic carbocycles. The molecule has 10 nitrogen and oxygen atoms in total. The average Bonchev–Trinajstić information content (AvgIpc) is 2.78. The highest BCUT2D eigenvalue weighted by molar-refractivity contribution is 6.10. The summed E-state index contributed by atoms with van der Waals surface area (Å²) in [4.78, 5) is 37.7. The molecule has 31 heavy (non-hydrogen) atoms. The number of nitrogens with zero attached hydrogens (tertiary/aromatic N) is 3. The number of carbonyl (C=O) groups excluding carboxylic acids is 1. The molecular formula is C21H16N4O6. The van der Waals surface area contributed by atoms with E-state index < -0.39 is 9.85 Å². The van der Waals surface area contributed by atoms with Crippen LogP contribution >= 0.6 is 0 Å². The Morgan fingerprint density at radius 3 is 2.45 bits per heavy atom. The van der Waals surface area contributed by atoms with E-state index in [1.165, 1.54) is 61.9 Å². The lowest BCUT2D eigenvalue weighted by atomic mass is 10.1. The molecule has 0 fully saturated rings. The smallest absolute Gasteiger partial charge is 0.311 e. The van der Waals surface area contributed by atoms with Crippen molar-refractivity contribution in [3.63, 3.8) is 0 Å². The molecule has 0 amide bonds. The van der Waals surface area contributed by atoms with E-state index >= 15 is 0 Å². The quantitative estimate of drug-likeness (QED) is 0.242. The van der Waals surface area contributed by atoms with Gasteiger partial charge in [-0.2, -0.15) is 0 Å². The Kier molecular flexibility index (Phi) is 6.31. The maximum Gasteiger partial charge on any atom is 0.311 e. The lowest BCUT2D eigenvalue weighted by Gasteiger charge is -2.09. The average molecular weight is 420 g/mol. The number of non-ortho nitro benzene ring substituents is 1. The SMILES string of the molecule is COc1ccc(/C=C/C(=O)c2cccnc2Nc2ccc([N+](=O)[O-])cc2)cc1[N+](=O)[O-]. The molecule has 0 unspecified atom stereocenters. The van der Waals surface area contributed by atoms with Gasteiger partial charge in [0.2, 0.25) is 0 Å². The molecule has 0 radical (unpaired) electrons. The molecule has 3 aromatic rings. The fourth-order valence-electron chi connectivity index (χ4n) is 2.72. The van der Waals surface area contributed by atoms with Gasteiger partial charge in [-0.25, -0.2) is 4.98 Å². The minimum Gasteiger partial charge on any atom is -0.490 e. The van der Waals surface area contributed by atoms with Gasteiger partial charge in [-0.3, -0.25) is 25.0 Å². The predicted octanol–water partition coefficient (Wildman–Crippen LogP) is 4.55. The maximum absolute atomic E-state index is 12.7. The highest BCUT2D eigenvalue weighted by atomic mass is 16.6. The molecule has 0 spiro atoms. The Morgan fingerprint density at radius 2 is 1.81 bits per heavy atom. The van der Waals surface area contributed by atoms with Gasteiger partial charge >= 0.3 is 5.69 Å². The Hall–Kier alpha value is -4.60. The summed E-state index contributed by atoms with van der Waals surface area (Å²) in [5, 5.41) is 24.9. The Morgan fingerprint density at radius 1 is 1.06 bits per heavy atom. The molecule has 10 heteroatoms. The lowest BCUT2D eigenvalue weighted by molar-refractivity contribution is -0.385. The number of allylic oxidation sites excluding steroid dienone is 1. The summed E-state index contributed by atoms with van der Waals surface area (Å²) in [5.74, 6) is 0.0121. The number of ketones is 1. The van der Waals surface area contributed by atoms with Gasteiger partial charge in [0.15, 0.2) is 11.5 Å². The molecule has 0 saturated heterocycles. The summed E-state index contributed by atoms with van der Waals surface area (Å²) >= 11 is 0. The van der Waals surface area contributed by atoms with Gasteiger partial charge in [0, 0.05) is 30.1 Å². The van der Waals surface area contributed by atoms with E-state index in [1.54, 1.807) is 18.2 Å². The fraction of sp³-hybridized carbons (Fsp3) is 0.0476. The second kappa shape index (κ2) is 9.27. The van der Waals surface area contributed by atoms with Crippen LogP contribution in [0.15, 0.2) is 66.9 Å². The van der Waals surface area contributed by atoms with Gasteiger partial charge in [0.05, 0.1) is 22.5 Å². The third kappa shape index (κ3) is 5.07. The summed E-state index contributed by atoms with van der Waals surface area (Å²) in [6.07, 6.45) is 4.24. The summed E-state index contributed by atoms with van der Waals surface area (Å²) in [6.45, 7) is 0. The number of rotatable bonds is 8. The van der Waals surface area contributed by atoms with Crippen molar-refractivity contribution < 1.29 is 19.4 Å². The van der Waals surface area contributed by atoms with Crippen LogP contribution in [0.25, 0.3) is 6.08 Å². The predicted molar refractivity (Wildman–Crippen MR) is 114 cm³/mol. The van der Waals surface area contributed by atoms with E-state index in [9.17, 15) is 25.0 Å². The second-order valence-electron chi connectivity index (χ2n) is 6.21. The van der Waals surface area contributed by atoms with E-state index in [-0.39, 0.29) is 34.3 Å². The Bertz CT molecular complexity index is 1170. The van der Waals surface area contributed by atoms with Crippen LogP contribution in [0, 0.1) is 20.2 Å². The molecular weight excluding hydrogens is 404 g/mol. The van der Waals surface area contributed by atoms with Crippen LogP contribution in [-0.2, 0) is 0 Å². The number of benzene rings is 2. The number of nitro groups is 2. The van der Waals surface area contributed by atoms with Crippen LogP contribution in [0.5, 0.6) is 5.75 Å². The summed E-state index contributed by atoms with van der Waals surface area (Å²) < 4.78 is 4.96. The number of carbonyl (C=O) groups is 1. The number of nitrogens with one attached hydrogen (secondary N) is 1. The minimum absolute atomic E-state index is 0.0561. The molecule has 0 aliphatic rings. The molecule has 0 aliphatic carbocycles. The monoisotopic (exact) mass is 420 g/mol. The zero-order valence-corrected chi connectivity index (χ0v) is 16.2. The number of aromatic nitrogens is 1. The van der Waals surface area contributed by atoms with Gasteiger partial charge in [0.1, 0.15) is 5.82 Å². The van der Waals surface area contributed by atoms with Crippen molar-refractivity contribution in [2.45, 2.75) is 0 Å². The number of anilines is 2. The number of nitro benzene ring substituents is 2. The molecule has 156 valence electrons.